The Labute approximate surface area is 155 Å². The predicted octanol–water partition coefficient (Wildman–Crippen LogP) is 3.15. The van der Waals surface area contributed by atoms with E-state index in [0.717, 1.165) is 16.5 Å². The zero-order valence-electron chi connectivity index (χ0n) is 15.0. The summed E-state index contributed by atoms with van der Waals surface area (Å²) in [5.41, 5.74) is 3.25. The molecule has 6 heteroatoms. The smallest absolute Gasteiger partial charge is 0.336 e. The Hall–Kier alpha value is -3.41. The fourth-order valence-electron chi connectivity index (χ4n) is 3.32. The molecule has 136 valence electrons. The van der Waals surface area contributed by atoms with Crippen LogP contribution < -0.4 is 15.8 Å². The van der Waals surface area contributed by atoms with Gasteiger partial charge in [-0.3, -0.25) is 9.59 Å². The van der Waals surface area contributed by atoms with Crippen LogP contribution in [0, 0.1) is 13.8 Å². The van der Waals surface area contributed by atoms with Crippen molar-refractivity contribution < 1.29 is 14.0 Å². The molecule has 2 amide bonds. The summed E-state index contributed by atoms with van der Waals surface area (Å²) in [4.78, 5) is 37.9. The lowest BCUT2D eigenvalue weighted by Gasteiger charge is -2.18. The molecule has 0 saturated carbocycles. The first-order valence-corrected chi connectivity index (χ1v) is 8.67. The summed E-state index contributed by atoms with van der Waals surface area (Å²) in [5, 5.41) is 3.87. The van der Waals surface area contributed by atoms with Crippen molar-refractivity contribution in [2.75, 3.05) is 10.2 Å². The molecule has 0 radical (unpaired) electrons. The molecule has 4 rings (SSSR count). The van der Waals surface area contributed by atoms with Crippen LogP contribution >= 0.6 is 0 Å². The normalized spacial score (nSPS) is 17.0. The van der Waals surface area contributed by atoms with Gasteiger partial charge in [0.25, 0.3) is 5.91 Å². The van der Waals surface area contributed by atoms with Gasteiger partial charge in [0.2, 0.25) is 5.91 Å². The third-order valence-corrected chi connectivity index (χ3v) is 4.71. The van der Waals surface area contributed by atoms with Gasteiger partial charge in [-0.1, -0.05) is 12.1 Å². The Balaban J connectivity index is 1.61. The number of hydrogen-bond donors (Lipinski definition) is 1. The van der Waals surface area contributed by atoms with E-state index in [1.54, 1.807) is 24.3 Å². The van der Waals surface area contributed by atoms with Crippen molar-refractivity contribution in [3.8, 4) is 0 Å². The third kappa shape index (κ3) is 3.10. The van der Waals surface area contributed by atoms with E-state index < -0.39 is 11.7 Å². The van der Waals surface area contributed by atoms with Crippen LogP contribution in [0.25, 0.3) is 11.0 Å². The standard InChI is InChI=1S/C21H18N2O4/c1-12-3-4-13(2)17(9-12)23-19(24)11-16(21(23)26)22-15-6-7-18-14(10-15)5-8-20(25)27-18/h3-10,16,22H,11H2,1-2H3. The van der Waals surface area contributed by atoms with E-state index in [1.807, 2.05) is 32.0 Å². The van der Waals surface area contributed by atoms with Gasteiger partial charge in [0.15, 0.2) is 0 Å². The van der Waals surface area contributed by atoms with Crippen molar-refractivity contribution in [3.05, 3.63) is 70.1 Å². The molecule has 2 aromatic carbocycles. The highest BCUT2D eigenvalue weighted by molar-refractivity contribution is 6.23. The van der Waals surface area contributed by atoms with Gasteiger partial charge in [0, 0.05) is 17.1 Å². The van der Waals surface area contributed by atoms with Gasteiger partial charge in [-0.05, 0) is 55.3 Å². The zero-order chi connectivity index (χ0) is 19.1. The van der Waals surface area contributed by atoms with E-state index in [0.29, 0.717) is 17.0 Å². The molecular weight excluding hydrogens is 344 g/mol. The number of aryl methyl sites for hydroxylation is 2. The average Bonchev–Trinajstić information content (AvgIpc) is 2.91. The van der Waals surface area contributed by atoms with Crippen molar-refractivity contribution in [2.45, 2.75) is 26.3 Å². The monoisotopic (exact) mass is 362 g/mol. The van der Waals surface area contributed by atoms with Crippen LogP contribution in [0.15, 0.2) is 57.7 Å². The van der Waals surface area contributed by atoms with Crippen LogP contribution in [-0.2, 0) is 9.59 Å². The first kappa shape index (κ1) is 17.0. The van der Waals surface area contributed by atoms with Crippen LogP contribution in [0.3, 0.4) is 0 Å². The molecule has 1 aromatic heterocycles. The number of amides is 2. The number of nitrogens with zero attached hydrogens (tertiary/aromatic N) is 1. The van der Waals surface area contributed by atoms with E-state index >= 15 is 0 Å². The van der Waals surface area contributed by atoms with Crippen molar-refractivity contribution in [2.24, 2.45) is 0 Å². The maximum atomic E-state index is 12.9. The van der Waals surface area contributed by atoms with Crippen molar-refractivity contribution >= 4 is 34.2 Å². The molecule has 1 fully saturated rings. The van der Waals surface area contributed by atoms with Gasteiger partial charge in [0.1, 0.15) is 11.6 Å². The zero-order valence-corrected chi connectivity index (χ0v) is 15.0. The minimum absolute atomic E-state index is 0.0914. The topological polar surface area (TPSA) is 79.6 Å². The first-order chi connectivity index (χ1) is 12.9. The summed E-state index contributed by atoms with van der Waals surface area (Å²) in [7, 11) is 0. The number of carbonyl (C=O) groups is 2. The van der Waals surface area contributed by atoms with Crippen molar-refractivity contribution in [1.82, 2.24) is 0 Å². The number of carbonyl (C=O) groups excluding carboxylic acids is 2. The summed E-state index contributed by atoms with van der Waals surface area (Å²) in [5.74, 6) is -0.494. The second-order valence-corrected chi connectivity index (χ2v) is 6.77. The van der Waals surface area contributed by atoms with Crippen LogP contribution in [0.5, 0.6) is 0 Å². The number of hydrogen-bond acceptors (Lipinski definition) is 5. The number of imide groups is 1. The lowest BCUT2D eigenvalue weighted by molar-refractivity contribution is -0.121. The predicted molar refractivity (Wildman–Crippen MR) is 103 cm³/mol. The Bertz CT molecular complexity index is 1130. The lowest BCUT2D eigenvalue weighted by Crippen LogP contribution is -2.35. The molecule has 27 heavy (non-hydrogen) atoms. The van der Waals surface area contributed by atoms with E-state index in [9.17, 15) is 14.4 Å². The van der Waals surface area contributed by atoms with E-state index in [-0.39, 0.29) is 18.2 Å². The fourth-order valence-corrected chi connectivity index (χ4v) is 3.32. The summed E-state index contributed by atoms with van der Waals surface area (Å²) in [6.45, 7) is 3.81. The van der Waals surface area contributed by atoms with E-state index in [2.05, 4.69) is 5.32 Å². The fraction of sp³-hybridized carbons (Fsp3) is 0.190. The maximum Gasteiger partial charge on any atom is 0.336 e. The second kappa shape index (κ2) is 6.39. The van der Waals surface area contributed by atoms with Gasteiger partial charge in [-0.25, -0.2) is 9.69 Å². The molecule has 1 aliphatic rings. The van der Waals surface area contributed by atoms with E-state index in [1.165, 1.54) is 11.0 Å². The second-order valence-electron chi connectivity index (χ2n) is 6.77. The van der Waals surface area contributed by atoms with Crippen molar-refractivity contribution in [3.63, 3.8) is 0 Å². The molecule has 0 aliphatic carbocycles. The summed E-state index contributed by atoms with van der Waals surface area (Å²) >= 11 is 0. The maximum absolute atomic E-state index is 12.9. The SMILES string of the molecule is Cc1ccc(C)c(N2C(=O)CC(Nc3ccc4oc(=O)ccc4c3)C2=O)c1. The minimum atomic E-state index is -0.634. The molecular formula is C21H18N2O4. The van der Waals surface area contributed by atoms with Gasteiger partial charge >= 0.3 is 5.63 Å². The number of fused-ring (bicyclic) bond motifs is 1. The van der Waals surface area contributed by atoms with Gasteiger partial charge in [-0.2, -0.15) is 0 Å². The number of benzene rings is 2. The molecule has 0 bridgehead atoms. The van der Waals surface area contributed by atoms with E-state index in [4.69, 9.17) is 4.42 Å². The molecule has 1 unspecified atom stereocenters. The Morgan fingerprint density at radius 1 is 1.00 bits per heavy atom. The highest BCUT2D eigenvalue weighted by Gasteiger charge is 2.40. The van der Waals surface area contributed by atoms with Crippen LogP contribution in [0.1, 0.15) is 17.5 Å². The number of rotatable bonds is 3. The minimum Gasteiger partial charge on any atom is -0.423 e. The molecule has 2 heterocycles. The van der Waals surface area contributed by atoms with Crippen LogP contribution in [-0.4, -0.2) is 17.9 Å². The average molecular weight is 362 g/mol. The Morgan fingerprint density at radius 3 is 2.63 bits per heavy atom. The molecule has 0 spiro atoms. The first-order valence-electron chi connectivity index (χ1n) is 8.67. The summed E-state index contributed by atoms with van der Waals surface area (Å²) in [6.07, 6.45) is 0.0914. The highest BCUT2D eigenvalue weighted by Crippen LogP contribution is 2.29. The molecule has 3 aromatic rings. The Kier molecular flexibility index (Phi) is 4.03. The lowest BCUT2D eigenvalue weighted by atomic mass is 10.1. The largest absolute Gasteiger partial charge is 0.423 e. The third-order valence-electron chi connectivity index (χ3n) is 4.71. The molecule has 1 atom stereocenters. The van der Waals surface area contributed by atoms with Gasteiger partial charge < -0.3 is 9.73 Å². The van der Waals surface area contributed by atoms with Crippen LogP contribution in [0.4, 0.5) is 11.4 Å². The van der Waals surface area contributed by atoms with Gasteiger partial charge in [-0.15, -0.1) is 0 Å². The molecule has 1 saturated heterocycles. The molecule has 1 aliphatic heterocycles. The number of nitrogens with one attached hydrogen (secondary N) is 1. The Morgan fingerprint density at radius 2 is 1.81 bits per heavy atom. The quantitative estimate of drug-likeness (QED) is 0.572. The van der Waals surface area contributed by atoms with Crippen molar-refractivity contribution in [1.29, 1.82) is 0 Å². The number of anilines is 2. The van der Waals surface area contributed by atoms with Gasteiger partial charge in [0.05, 0.1) is 12.1 Å². The molecule has 6 nitrogen and oxygen atoms in total. The summed E-state index contributed by atoms with van der Waals surface area (Å²) < 4.78 is 5.11. The highest BCUT2D eigenvalue weighted by atomic mass is 16.4. The molecule has 1 N–H and O–H groups in total. The summed E-state index contributed by atoms with van der Waals surface area (Å²) in [6, 6.07) is 13.3. The van der Waals surface area contributed by atoms with Crippen LogP contribution in [0.2, 0.25) is 0 Å².